The van der Waals surface area contributed by atoms with Crippen LogP contribution in [-0.2, 0) is 6.54 Å². The molecule has 6 nitrogen and oxygen atoms in total. The van der Waals surface area contributed by atoms with Gasteiger partial charge in [-0.2, -0.15) is 13.2 Å². The number of benzene rings is 1. The lowest BCUT2D eigenvalue weighted by atomic mass is 10.1. The van der Waals surface area contributed by atoms with E-state index >= 15 is 0 Å². The number of aliphatic imine (C=N–C) groups is 1. The van der Waals surface area contributed by atoms with Crippen LogP contribution in [0.2, 0.25) is 0 Å². The summed E-state index contributed by atoms with van der Waals surface area (Å²) in [5.41, 5.74) is 1.57. The minimum absolute atomic E-state index is 0. The van der Waals surface area contributed by atoms with Gasteiger partial charge in [-0.25, -0.2) is 4.99 Å². The fraction of sp³-hybridized carbons (Fsp3) is 0.579. The van der Waals surface area contributed by atoms with Crippen molar-refractivity contribution < 1.29 is 18.0 Å². The van der Waals surface area contributed by atoms with Gasteiger partial charge in [0.25, 0.3) is 5.91 Å². The summed E-state index contributed by atoms with van der Waals surface area (Å²) >= 11 is 0. The lowest BCUT2D eigenvalue weighted by molar-refractivity contribution is -0.143. The van der Waals surface area contributed by atoms with Crippen molar-refractivity contribution in [2.75, 3.05) is 47.3 Å². The largest absolute Gasteiger partial charge is 0.401 e. The number of guanidine groups is 1. The van der Waals surface area contributed by atoms with Crippen LogP contribution >= 0.6 is 24.0 Å². The van der Waals surface area contributed by atoms with Gasteiger partial charge in [0.1, 0.15) is 0 Å². The maximum atomic E-state index is 12.3. The molecule has 0 aromatic heterocycles. The molecule has 1 aromatic rings. The number of alkyl halides is 3. The molecule has 10 heteroatoms. The van der Waals surface area contributed by atoms with E-state index in [1.165, 1.54) is 16.8 Å². The zero-order valence-electron chi connectivity index (χ0n) is 17.3. The maximum Gasteiger partial charge on any atom is 0.401 e. The Morgan fingerprint density at radius 3 is 2.24 bits per heavy atom. The van der Waals surface area contributed by atoms with Gasteiger partial charge in [0.2, 0.25) is 0 Å². The Morgan fingerprint density at radius 2 is 1.72 bits per heavy atom. The third-order valence-electron chi connectivity index (χ3n) is 3.83. The lowest BCUT2D eigenvalue weighted by Crippen LogP contribution is -2.39. The number of hydrogen-bond acceptors (Lipinski definition) is 3. The topological polar surface area (TPSA) is 60.0 Å². The predicted molar refractivity (Wildman–Crippen MR) is 121 cm³/mol. The van der Waals surface area contributed by atoms with Crippen LogP contribution in [0.1, 0.15) is 29.3 Å². The Kier molecular flexibility index (Phi) is 12.9. The molecule has 2 N–H and O–H groups in total. The SMILES string of the molecule is CCNC(=NCc1ccc(C(=O)N(C)C)cc1)NCCCN(C)CC(F)(F)F.I. The number of rotatable bonds is 9. The van der Waals surface area contributed by atoms with Crippen LogP contribution in [0.15, 0.2) is 29.3 Å². The van der Waals surface area contributed by atoms with Crippen molar-refractivity contribution in [3.8, 4) is 0 Å². The standard InChI is InChI=1S/C19H30F3N5O.HI/c1-5-23-18(24-11-6-12-27(4)14-19(20,21)22)25-13-15-7-9-16(10-8-15)17(28)26(2)3;/h7-10H,5-6,11-14H2,1-4H3,(H2,23,24,25);1H. The van der Waals surface area contributed by atoms with Crippen molar-refractivity contribution in [2.45, 2.75) is 26.1 Å². The molecule has 0 heterocycles. The van der Waals surface area contributed by atoms with E-state index in [2.05, 4.69) is 15.6 Å². The molecule has 0 radical (unpaired) electrons. The van der Waals surface area contributed by atoms with Crippen LogP contribution < -0.4 is 10.6 Å². The first kappa shape index (κ1) is 27.4. The molecule has 0 bridgehead atoms. The van der Waals surface area contributed by atoms with E-state index in [4.69, 9.17) is 0 Å². The maximum absolute atomic E-state index is 12.3. The van der Waals surface area contributed by atoms with E-state index in [0.717, 1.165) is 5.56 Å². The minimum atomic E-state index is -4.18. The van der Waals surface area contributed by atoms with Crippen molar-refractivity contribution in [2.24, 2.45) is 4.99 Å². The summed E-state index contributed by atoms with van der Waals surface area (Å²) in [5.74, 6) is 0.551. The molecule has 0 spiro atoms. The molecule has 0 saturated carbocycles. The molecule has 29 heavy (non-hydrogen) atoms. The van der Waals surface area contributed by atoms with Crippen LogP contribution in [0.3, 0.4) is 0 Å². The van der Waals surface area contributed by atoms with E-state index < -0.39 is 12.7 Å². The number of carbonyl (C=O) groups excluding carboxylic acids is 1. The van der Waals surface area contributed by atoms with Crippen molar-refractivity contribution in [1.29, 1.82) is 0 Å². The first-order valence-electron chi connectivity index (χ1n) is 9.20. The summed E-state index contributed by atoms with van der Waals surface area (Å²) in [6.07, 6.45) is -3.61. The molecule has 0 atom stereocenters. The van der Waals surface area contributed by atoms with Gasteiger partial charge in [-0.1, -0.05) is 12.1 Å². The van der Waals surface area contributed by atoms with E-state index in [-0.39, 0.29) is 29.9 Å². The molecular weight excluding hydrogens is 498 g/mol. The van der Waals surface area contributed by atoms with E-state index in [1.807, 2.05) is 19.1 Å². The quantitative estimate of drug-likeness (QED) is 0.224. The summed E-state index contributed by atoms with van der Waals surface area (Å²) in [4.78, 5) is 19.1. The Hall–Kier alpha value is -1.56. The Balaban J connectivity index is 0.00000784. The molecule has 1 aromatic carbocycles. The summed E-state index contributed by atoms with van der Waals surface area (Å²) in [6.45, 7) is 3.00. The fourth-order valence-corrected chi connectivity index (χ4v) is 2.46. The number of nitrogens with one attached hydrogen (secondary N) is 2. The second-order valence-corrected chi connectivity index (χ2v) is 6.72. The Labute approximate surface area is 187 Å². The zero-order chi connectivity index (χ0) is 21.2. The van der Waals surface area contributed by atoms with Crippen LogP contribution in [0.25, 0.3) is 0 Å². The normalized spacial score (nSPS) is 11.8. The van der Waals surface area contributed by atoms with Gasteiger partial charge in [-0.3, -0.25) is 9.69 Å². The van der Waals surface area contributed by atoms with Gasteiger partial charge in [0.15, 0.2) is 5.96 Å². The zero-order valence-corrected chi connectivity index (χ0v) is 19.7. The third-order valence-corrected chi connectivity index (χ3v) is 3.83. The number of carbonyl (C=O) groups is 1. The van der Waals surface area contributed by atoms with Gasteiger partial charge < -0.3 is 15.5 Å². The van der Waals surface area contributed by atoms with E-state index in [0.29, 0.717) is 44.1 Å². The highest BCUT2D eigenvalue weighted by Crippen LogP contribution is 2.15. The first-order chi connectivity index (χ1) is 13.1. The molecule has 0 fully saturated rings. The van der Waals surface area contributed by atoms with Crippen LogP contribution in [0, 0.1) is 0 Å². The van der Waals surface area contributed by atoms with Gasteiger partial charge in [0.05, 0.1) is 13.1 Å². The third kappa shape index (κ3) is 11.9. The highest BCUT2D eigenvalue weighted by Gasteiger charge is 2.28. The number of hydrogen-bond donors (Lipinski definition) is 2. The summed E-state index contributed by atoms with van der Waals surface area (Å²) < 4.78 is 36.9. The molecule has 166 valence electrons. The van der Waals surface area contributed by atoms with Crippen molar-refractivity contribution in [3.05, 3.63) is 35.4 Å². The molecular formula is C19H31F3IN5O. The van der Waals surface area contributed by atoms with Crippen LogP contribution in [-0.4, -0.2) is 75.2 Å². The van der Waals surface area contributed by atoms with Crippen molar-refractivity contribution in [1.82, 2.24) is 20.4 Å². The number of halogens is 4. The van der Waals surface area contributed by atoms with Crippen LogP contribution in [0.5, 0.6) is 0 Å². The molecule has 0 aliphatic carbocycles. The lowest BCUT2D eigenvalue weighted by Gasteiger charge is -2.19. The molecule has 0 saturated heterocycles. The highest BCUT2D eigenvalue weighted by atomic mass is 127. The second-order valence-electron chi connectivity index (χ2n) is 6.72. The monoisotopic (exact) mass is 529 g/mol. The van der Waals surface area contributed by atoms with Crippen molar-refractivity contribution >= 4 is 35.8 Å². The first-order valence-corrected chi connectivity index (χ1v) is 9.20. The average Bonchev–Trinajstić information content (AvgIpc) is 2.61. The molecule has 0 unspecified atom stereocenters. The fourth-order valence-electron chi connectivity index (χ4n) is 2.46. The highest BCUT2D eigenvalue weighted by molar-refractivity contribution is 14.0. The van der Waals surface area contributed by atoms with Gasteiger partial charge in [0, 0.05) is 32.7 Å². The van der Waals surface area contributed by atoms with Gasteiger partial charge >= 0.3 is 6.18 Å². The molecule has 1 amide bonds. The van der Waals surface area contributed by atoms with Crippen LogP contribution in [0.4, 0.5) is 13.2 Å². The summed E-state index contributed by atoms with van der Waals surface area (Å²) in [5, 5.41) is 6.23. The van der Waals surface area contributed by atoms with Gasteiger partial charge in [-0.15, -0.1) is 24.0 Å². The molecule has 0 aliphatic heterocycles. The molecule has 1 rings (SSSR count). The second kappa shape index (κ2) is 13.6. The minimum Gasteiger partial charge on any atom is -0.357 e. The van der Waals surface area contributed by atoms with E-state index in [9.17, 15) is 18.0 Å². The Bertz CT molecular complexity index is 636. The molecule has 0 aliphatic rings. The number of amides is 1. The summed E-state index contributed by atoms with van der Waals surface area (Å²) in [6, 6.07) is 7.25. The van der Waals surface area contributed by atoms with Crippen molar-refractivity contribution in [3.63, 3.8) is 0 Å². The average molecular weight is 529 g/mol. The van der Waals surface area contributed by atoms with E-state index in [1.54, 1.807) is 26.2 Å². The van der Waals surface area contributed by atoms with Gasteiger partial charge in [-0.05, 0) is 44.6 Å². The summed E-state index contributed by atoms with van der Waals surface area (Å²) in [7, 11) is 4.86. The Morgan fingerprint density at radius 1 is 1.10 bits per heavy atom. The number of nitrogens with zero attached hydrogens (tertiary/aromatic N) is 3. The smallest absolute Gasteiger partial charge is 0.357 e. The predicted octanol–water partition coefficient (Wildman–Crippen LogP) is 2.95.